The summed E-state index contributed by atoms with van der Waals surface area (Å²) < 4.78 is 0. The lowest BCUT2D eigenvalue weighted by atomic mass is 9.80. The Morgan fingerprint density at radius 1 is 1.17 bits per heavy atom. The highest BCUT2D eigenvalue weighted by Crippen LogP contribution is 2.48. The molecule has 23 heavy (non-hydrogen) atoms. The Morgan fingerprint density at radius 3 is 2.22 bits per heavy atom. The first-order valence-electron chi connectivity index (χ1n) is 8.82. The van der Waals surface area contributed by atoms with Crippen molar-refractivity contribution in [3.05, 3.63) is 28.3 Å². The van der Waals surface area contributed by atoms with Gasteiger partial charge in [0.2, 0.25) is 0 Å². The van der Waals surface area contributed by atoms with E-state index >= 15 is 0 Å². The van der Waals surface area contributed by atoms with Gasteiger partial charge in [0.15, 0.2) is 0 Å². The van der Waals surface area contributed by atoms with Gasteiger partial charge < -0.3 is 5.11 Å². The molecule has 3 nitrogen and oxygen atoms in total. The van der Waals surface area contributed by atoms with Crippen LogP contribution >= 0.6 is 0 Å². The maximum absolute atomic E-state index is 11.7. The van der Waals surface area contributed by atoms with E-state index in [1.807, 2.05) is 0 Å². The smallest absolute Gasteiger partial charge is 0.411 e. The lowest BCUT2D eigenvalue weighted by Gasteiger charge is -2.30. The zero-order valence-electron chi connectivity index (χ0n) is 15.6. The van der Waals surface area contributed by atoms with Crippen LogP contribution in [0.2, 0.25) is 0 Å². The zero-order chi connectivity index (χ0) is 17.5. The standard InChI is InChI=1S/C20H31NO2/c1-11(2)15-9-8-14-10-16(12(3)4)19(21(7)20(22)23)17(13(5)6)18(14)15/h10-13,15H,8-9H2,1-7H3,(H,22,23). The van der Waals surface area contributed by atoms with Crippen molar-refractivity contribution in [2.45, 2.75) is 72.1 Å². The number of carbonyl (C=O) groups is 1. The number of aryl methyl sites for hydroxylation is 1. The molecule has 1 atom stereocenters. The van der Waals surface area contributed by atoms with E-state index in [0.717, 1.165) is 12.1 Å². The van der Waals surface area contributed by atoms with Crippen molar-refractivity contribution >= 4 is 11.8 Å². The Morgan fingerprint density at radius 2 is 1.78 bits per heavy atom. The maximum Gasteiger partial charge on any atom is 0.411 e. The first-order valence-corrected chi connectivity index (χ1v) is 8.82. The Balaban J connectivity index is 2.82. The Bertz CT molecular complexity index is 602. The summed E-state index contributed by atoms with van der Waals surface area (Å²) in [6.07, 6.45) is 1.42. The largest absolute Gasteiger partial charge is 0.465 e. The lowest BCUT2D eigenvalue weighted by Crippen LogP contribution is -2.28. The number of hydrogen-bond donors (Lipinski definition) is 1. The predicted octanol–water partition coefficient (Wildman–Crippen LogP) is 5.73. The van der Waals surface area contributed by atoms with Gasteiger partial charge in [-0.2, -0.15) is 0 Å². The minimum absolute atomic E-state index is 0.313. The molecule has 0 aliphatic heterocycles. The molecule has 1 aliphatic rings. The van der Waals surface area contributed by atoms with Crippen LogP contribution in [0.25, 0.3) is 0 Å². The average molecular weight is 317 g/mol. The second-order valence-electron chi connectivity index (χ2n) is 7.84. The van der Waals surface area contributed by atoms with E-state index in [1.165, 1.54) is 33.6 Å². The molecule has 0 aromatic heterocycles. The topological polar surface area (TPSA) is 40.5 Å². The number of nitrogens with zero attached hydrogens (tertiary/aromatic N) is 1. The van der Waals surface area contributed by atoms with Crippen LogP contribution in [0.3, 0.4) is 0 Å². The minimum Gasteiger partial charge on any atom is -0.465 e. The minimum atomic E-state index is -0.882. The number of amides is 1. The van der Waals surface area contributed by atoms with Crippen molar-refractivity contribution in [2.24, 2.45) is 5.92 Å². The molecular formula is C20H31NO2. The molecule has 0 saturated heterocycles. The molecule has 0 heterocycles. The summed E-state index contributed by atoms with van der Waals surface area (Å²) in [7, 11) is 1.68. The second-order valence-corrected chi connectivity index (χ2v) is 7.84. The van der Waals surface area contributed by atoms with Crippen LogP contribution in [-0.2, 0) is 6.42 Å². The summed E-state index contributed by atoms with van der Waals surface area (Å²) in [5.41, 5.74) is 6.23. The van der Waals surface area contributed by atoms with Crippen LogP contribution in [0.15, 0.2) is 6.07 Å². The molecule has 1 amide bonds. The molecule has 3 heteroatoms. The van der Waals surface area contributed by atoms with Gasteiger partial charge in [0.25, 0.3) is 0 Å². The van der Waals surface area contributed by atoms with Crippen LogP contribution in [0, 0.1) is 5.92 Å². The van der Waals surface area contributed by atoms with E-state index in [2.05, 4.69) is 47.6 Å². The Labute approximate surface area is 140 Å². The Kier molecular flexibility index (Phi) is 5.07. The van der Waals surface area contributed by atoms with Crippen molar-refractivity contribution < 1.29 is 9.90 Å². The van der Waals surface area contributed by atoms with Gasteiger partial charge in [-0.3, -0.25) is 4.90 Å². The fraction of sp³-hybridized carbons (Fsp3) is 0.650. The third-order valence-corrected chi connectivity index (χ3v) is 5.22. The highest BCUT2D eigenvalue weighted by atomic mass is 16.4. The molecule has 1 aromatic carbocycles. The molecule has 1 N–H and O–H groups in total. The quantitative estimate of drug-likeness (QED) is 0.770. The summed E-state index contributed by atoms with van der Waals surface area (Å²) in [4.78, 5) is 13.1. The van der Waals surface area contributed by atoms with Crippen LogP contribution in [0.1, 0.15) is 88.0 Å². The molecule has 1 unspecified atom stereocenters. The van der Waals surface area contributed by atoms with Gasteiger partial charge in [0.05, 0.1) is 5.69 Å². The molecule has 128 valence electrons. The predicted molar refractivity (Wildman–Crippen MR) is 96.9 cm³/mol. The summed E-state index contributed by atoms with van der Waals surface area (Å²) in [5, 5.41) is 9.60. The first kappa shape index (κ1) is 17.8. The van der Waals surface area contributed by atoms with E-state index in [4.69, 9.17) is 0 Å². The van der Waals surface area contributed by atoms with E-state index in [0.29, 0.717) is 23.7 Å². The lowest BCUT2D eigenvalue weighted by molar-refractivity contribution is 0.203. The molecular weight excluding hydrogens is 286 g/mol. The third-order valence-electron chi connectivity index (χ3n) is 5.22. The van der Waals surface area contributed by atoms with Crippen molar-refractivity contribution in [3.8, 4) is 0 Å². The third kappa shape index (κ3) is 3.11. The van der Waals surface area contributed by atoms with E-state index < -0.39 is 6.09 Å². The fourth-order valence-corrected chi connectivity index (χ4v) is 4.05. The van der Waals surface area contributed by atoms with Crippen LogP contribution in [-0.4, -0.2) is 18.2 Å². The number of benzene rings is 1. The van der Waals surface area contributed by atoms with Gasteiger partial charge in [-0.1, -0.05) is 47.6 Å². The normalized spacial score (nSPS) is 17.2. The molecule has 0 bridgehead atoms. The van der Waals surface area contributed by atoms with Crippen molar-refractivity contribution in [1.29, 1.82) is 0 Å². The highest BCUT2D eigenvalue weighted by molar-refractivity contribution is 5.89. The van der Waals surface area contributed by atoms with Crippen molar-refractivity contribution in [3.63, 3.8) is 0 Å². The van der Waals surface area contributed by atoms with Gasteiger partial charge in [0, 0.05) is 7.05 Å². The van der Waals surface area contributed by atoms with E-state index in [-0.39, 0.29) is 0 Å². The van der Waals surface area contributed by atoms with Crippen LogP contribution < -0.4 is 4.90 Å². The van der Waals surface area contributed by atoms with Gasteiger partial charge in [-0.25, -0.2) is 4.79 Å². The molecule has 1 aliphatic carbocycles. The van der Waals surface area contributed by atoms with E-state index in [1.54, 1.807) is 7.05 Å². The molecule has 0 spiro atoms. The van der Waals surface area contributed by atoms with Crippen LogP contribution in [0.4, 0.5) is 10.5 Å². The molecule has 2 rings (SSSR count). The summed E-state index contributed by atoms with van der Waals surface area (Å²) in [6, 6.07) is 2.28. The van der Waals surface area contributed by atoms with E-state index in [9.17, 15) is 9.90 Å². The number of rotatable bonds is 4. The van der Waals surface area contributed by atoms with Gasteiger partial charge in [0.1, 0.15) is 0 Å². The highest BCUT2D eigenvalue weighted by Gasteiger charge is 2.33. The van der Waals surface area contributed by atoms with Crippen molar-refractivity contribution in [1.82, 2.24) is 0 Å². The number of anilines is 1. The molecule has 0 fully saturated rings. The Hall–Kier alpha value is -1.51. The molecule has 0 radical (unpaired) electrons. The van der Waals surface area contributed by atoms with Gasteiger partial charge in [-0.15, -0.1) is 0 Å². The second kappa shape index (κ2) is 6.54. The summed E-state index contributed by atoms with van der Waals surface area (Å²) >= 11 is 0. The van der Waals surface area contributed by atoms with Crippen molar-refractivity contribution in [2.75, 3.05) is 11.9 Å². The van der Waals surface area contributed by atoms with Gasteiger partial charge >= 0.3 is 6.09 Å². The number of hydrogen-bond acceptors (Lipinski definition) is 1. The monoisotopic (exact) mass is 317 g/mol. The average Bonchev–Trinajstić information content (AvgIpc) is 2.87. The number of carboxylic acid groups (broad SMARTS) is 1. The zero-order valence-corrected chi connectivity index (χ0v) is 15.6. The SMILES string of the molecule is CC(C)c1cc2c(c(C(C)C)c1N(C)C(=O)O)C(C(C)C)CC2. The van der Waals surface area contributed by atoms with Gasteiger partial charge in [-0.05, 0) is 58.8 Å². The van der Waals surface area contributed by atoms with Crippen LogP contribution in [0.5, 0.6) is 0 Å². The molecule has 1 aromatic rings. The summed E-state index contributed by atoms with van der Waals surface area (Å²) in [5.74, 6) is 1.76. The fourth-order valence-electron chi connectivity index (χ4n) is 4.05. The molecule has 0 saturated carbocycles. The summed E-state index contributed by atoms with van der Waals surface area (Å²) in [6.45, 7) is 13.2. The number of fused-ring (bicyclic) bond motifs is 1. The first-order chi connectivity index (χ1) is 10.7. The maximum atomic E-state index is 11.7.